The van der Waals surface area contributed by atoms with Crippen molar-refractivity contribution in [1.82, 2.24) is 5.32 Å². The van der Waals surface area contributed by atoms with Gasteiger partial charge in [-0.15, -0.1) is 0 Å². The molecule has 1 heterocycles. The van der Waals surface area contributed by atoms with Crippen molar-refractivity contribution in [2.24, 2.45) is 0 Å². The minimum atomic E-state index is -0.409. The summed E-state index contributed by atoms with van der Waals surface area (Å²) < 4.78 is 4.79. The van der Waals surface area contributed by atoms with Crippen molar-refractivity contribution < 1.29 is 14.3 Å². The van der Waals surface area contributed by atoms with Crippen LogP contribution >= 0.6 is 0 Å². The van der Waals surface area contributed by atoms with Gasteiger partial charge in [0.2, 0.25) is 0 Å². The molecule has 0 aliphatic carbocycles. The fourth-order valence-electron chi connectivity index (χ4n) is 1.54. The van der Waals surface area contributed by atoms with Crippen LogP contribution in [0.25, 0.3) is 0 Å². The summed E-state index contributed by atoms with van der Waals surface area (Å²) in [6, 6.07) is 7.06. The number of ketones is 1. The Morgan fingerprint density at radius 1 is 1.53 bits per heavy atom. The third-order valence-corrected chi connectivity index (χ3v) is 2.37. The highest BCUT2D eigenvalue weighted by molar-refractivity contribution is 5.94. The van der Waals surface area contributed by atoms with Gasteiger partial charge in [-0.05, 0) is 18.6 Å². The molecule has 1 aromatic rings. The number of benzene rings is 1. The number of alkyl carbamates (subject to hydrolysis) is 1. The molecule has 1 fully saturated rings. The van der Waals surface area contributed by atoms with E-state index >= 15 is 0 Å². The number of Topliss-reactive ketones (excluding diaryl/α,β-unsaturated/α-hetero) is 1. The van der Waals surface area contributed by atoms with Gasteiger partial charge < -0.3 is 10.1 Å². The molecule has 1 aromatic carbocycles. The van der Waals surface area contributed by atoms with E-state index in [1.165, 1.54) is 6.92 Å². The van der Waals surface area contributed by atoms with Crippen LogP contribution in [0.1, 0.15) is 28.9 Å². The van der Waals surface area contributed by atoms with E-state index in [1.807, 2.05) is 6.07 Å². The summed E-state index contributed by atoms with van der Waals surface area (Å²) in [5.41, 5.74) is 1.54. The summed E-state index contributed by atoms with van der Waals surface area (Å²) in [5.74, 6) is 0.0158. The molecule has 4 heteroatoms. The highest BCUT2D eigenvalue weighted by Gasteiger charge is 2.23. The molecule has 0 saturated carbocycles. The van der Waals surface area contributed by atoms with Crippen LogP contribution in [0.3, 0.4) is 0 Å². The lowest BCUT2D eigenvalue weighted by Crippen LogP contribution is -2.18. The number of hydrogen-bond donors (Lipinski definition) is 1. The van der Waals surface area contributed by atoms with Crippen molar-refractivity contribution in [1.29, 1.82) is 0 Å². The third kappa shape index (κ3) is 1.98. The van der Waals surface area contributed by atoms with Gasteiger partial charge in [-0.25, -0.2) is 4.79 Å². The van der Waals surface area contributed by atoms with Crippen LogP contribution in [-0.4, -0.2) is 18.5 Å². The maximum atomic E-state index is 11.2. The van der Waals surface area contributed by atoms with Crippen molar-refractivity contribution >= 4 is 11.9 Å². The lowest BCUT2D eigenvalue weighted by Gasteiger charge is -2.08. The van der Waals surface area contributed by atoms with Crippen LogP contribution in [-0.2, 0) is 4.74 Å². The fourth-order valence-corrected chi connectivity index (χ4v) is 1.54. The second-order valence-corrected chi connectivity index (χ2v) is 3.48. The monoisotopic (exact) mass is 205 g/mol. The number of carbonyl (C=O) groups is 2. The van der Waals surface area contributed by atoms with Gasteiger partial charge in [0.1, 0.15) is 6.61 Å². The van der Waals surface area contributed by atoms with E-state index in [0.717, 1.165) is 5.56 Å². The Morgan fingerprint density at radius 2 is 2.33 bits per heavy atom. The number of amides is 1. The Kier molecular flexibility index (Phi) is 2.41. The number of nitrogens with one attached hydrogen (secondary N) is 1. The van der Waals surface area contributed by atoms with Crippen molar-refractivity contribution in [3.8, 4) is 0 Å². The predicted octanol–water partition coefficient (Wildman–Crippen LogP) is 1.67. The van der Waals surface area contributed by atoms with E-state index in [2.05, 4.69) is 5.32 Å². The second kappa shape index (κ2) is 3.73. The van der Waals surface area contributed by atoms with Gasteiger partial charge in [0, 0.05) is 5.56 Å². The lowest BCUT2D eigenvalue weighted by molar-refractivity contribution is 0.101. The van der Waals surface area contributed by atoms with Crippen LogP contribution < -0.4 is 5.32 Å². The van der Waals surface area contributed by atoms with E-state index < -0.39 is 6.09 Å². The molecule has 0 spiro atoms. The number of cyclic esters (lactones) is 1. The highest BCUT2D eigenvalue weighted by atomic mass is 16.6. The van der Waals surface area contributed by atoms with Crippen LogP contribution in [0.5, 0.6) is 0 Å². The fraction of sp³-hybridized carbons (Fsp3) is 0.273. The Morgan fingerprint density at radius 3 is 2.93 bits per heavy atom. The molecule has 1 N–H and O–H groups in total. The van der Waals surface area contributed by atoms with Crippen LogP contribution in [0.15, 0.2) is 24.3 Å². The maximum Gasteiger partial charge on any atom is 0.407 e. The minimum Gasteiger partial charge on any atom is -0.447 e. The van der Waals surface area contributed by atoms with E-state index in [0.29, 0.717) is 12.2 Å². The molecule has 1 unspecified atom stereocenters. The Bertz CT molecular complexity index is 414. The zero-order valence-corrected chi connectivity index (χ0v) is 8.32. The smallest absolute Gasteiger partial charge is 0.407 e. The van der Waals surface area contributed by atoms with Crippen molar-refractivity contribution in [2.75, 3.05) is 6.61 Å². The molecule has 15 heavy (non-hydrogen) atoms. The molecule has 1 aliphatic rings. The Balaban J connectivity index is 2.25. The SMILES string of the molecule is CC(=O)c1cccc(C2COC(=O)N2)c1. The molecule has 1 saturated heterocycles. The zero-order valence-electron chi connectivity index (χ0n) is 8.32. The zero-order chi connectivity index (χ0) is 10.8. The van der Waals surface area contributed by atoms with E-state index in [9.17, 15) is 9.59 Å². The highest BCUT2D eigenvalue weighted by Crippen LogP contribution is 2.19. The van der Waals surface area contributed by atoms with Crippen molar-refractivity contribution in [2.45, 2.75) is 13.0 Å². The number of carbonyl (C=O) groups excluding carboxylic acids is 2. The van der Waals surface area contributed by atoms with Gasteiger partial charge >= 0.3 is 6.09 Å². The first-order valence-electron chi connectivity index (χ1n) is 4.71. The summed E-state index contributed by atoms with van der Waals surface area (Å²) in [6.45, 7) is 1.84. The third-order valence-electron chi connectivity index (χ3n) is 2.37. The molecule has 0 radical (unpaired) electrons. The average Bonchev–Trinajstić information content (AvgIpc) is 2.65. The Hall–Kier alpha value is -1.84. The van der Waals surface area contributed by atoms with Gasteiger partial charge in [0.15, 0.2) is 5.78 Å². The molecular weight excluding hydrogens is 194 g/mol. The van der Waals surface area contributed by atoms with Crippen LogP contribution in [0, 0.1) is 0 Å². The molecule has 0 bridgehead atoms. The number of ether oxygens (including phenoxy) is 1. The second-order valence-electron chi connectivity index (χ2n) is 3.48. The molecule has 78 valence electrons. The number of hydrogen-bond acceptors (Lipinski definition) is 3. The van der Waals surface area contributed by atoms with Gasteiger partial charge in [0.25, 0.3) is 0 Å². The lowest BCUT2D eigenvalue weighted by atomic mass is 10.0. The van der Waals surface area contributed by atoms with Crippen molar-refractivity contribution in [3.05, 3.63) is 35.4 Å². The van der Waals surface area contributed by atoms with Gasteiger partial charge in [-0.3, -0.25) is 4.79 Å². The van der Waals surface area contributed by atoms with E-state index in [-0.39, 0.29) is 11.8 Å². The standard InChI is InChI=1S/C11H11NO3/c1-7(13)8-3-2-4-9(5-8)10-6-15-11(14)12-10/h2-5,10H,6H2,1H3,(H,12,14). The Labute approximate surface area is 87.2 Å². The first kappa shape index (κ1) is 9.71. The normalized spacial score (nSPS) is 19.5. The quantitative estimate of drug-likeness (QED) is 0.747. The van der Waals surface area contributed by atoms with Gasteiger partial charge in [-0.2, -0.15) is 0 Å². The molecule has 1 aliphatic heterocycles. The largest absolute Gasteiger partial charge is 0.447 e. The topological polar surface area (TPSA) is 55.4 Å². The summed E-state index contributed by atoms with van der Waals surface area (Å²) in [7, 11) is 0. The maximum absolute atomic E-state index is 11.2. The molecular formula is C11H11NO3. The molecule has 4 nitrogen and oxygen atoms in total. The first-order chi connectivity index (χ1) is 7.16. The summed E-state index contributed by atoms with van der Waals surface area (Å²) in [5, 5.41) is 2.66. The first-order valence-corrected chi connectivity index (χ1v) is 4.71. The summed E-state index contributed by atoms with van der Waals surface area (Å²) >= 11 is 0. The van der Waals surface area contributed by atoms with Crippen molar-refractivity contribution in [3.63, 3.8) is 0 Å². The summed E-state index contributed by atoms with van der Waals surface area (Å²) in [6.07, 6.45) is -0.409. The van der Waals surface area contributed by atoms with Gasteiger partial charge in [0.05, 0.1) is 6.04 Å². The van der Waals surface area contributed by atoms with Gasteiger partial charge in [-0.1, -0.05) is 18.2 Å². The van der Waals surface area contributed by atoms with E-state index in [4.69, 9.17) is 4.74 Å². The average molecular weight is 205 g/mol. The number of rotatable bonds is 2. The van der Waals surface area contributed by atoms with Crippen LogP contribution in [0.4, 0.5) is 4.79 Å². The molecule has 1 atom stereocenters. The van der Waals surface area contributed by atoms with Crippen LogP contribution in [0.2, 0.25) is 0 Å². The molecule has 1 amide bonds. The summed E-state index contributed by atoms with van der Waals surface area (Å²) in [4.78, 5) is 22.0. The minimum absolute atomic E-state index is 0.0158. The molecule has 0 aromatic heterocycles. The predicted molar refractivity (Wildman–Crippen MR) is 53.7 cm³/mol. The molecule has 2 rings (SSSR count). The van der Waals surface area contributed by atoms with E-state index in [1.54, 1.807) is 18.2 Å².